The van der Waals surface area contributed by atoms with Crippen LogP contribution in [-0.2, 0) is 11.0 Å². The average Bonchev–Trinajstić information content (AvgIpc) is 2.13. The first-order chi connectivity index (χ1) is 7.41. The van der Waals surface area contributed by atoms with E-state index in [-0.39, 0.29) is 17.8 Å². The van der Waals surface area contributed by atoms with E-state index in [1.807, 2.05) is 0 Å². The molecule has 1 aliphatic rings. The van der Waals surface area contributed by atoms with Crippen LogP contribution in [-0.4, -0.2) is 5.78 Å². The molecule has 0 amide bonds. The van der Waals surface area contributed by atoms with E-state index < -0.39 is 23.5 Å². The van der Waals surface area contributed by atoms with Gasteiger partial charge in [0, 0.05) is 12.3 Å². The SMILES string of the molecule is O=C1CCC1c1cccc(F)c1C(F)(F)F. The molecule has 0 radical (unpaired) electrons. The number of Topliss-reactive ketones (excluding diaryl/α,β-unsaturated/α-hetero) is 1. The van der Waals surface area contributed by atoms with Crippen LogP contribution in [0, 0.1) is 5.82 Å². The van der Waals surface area contributed by atoms with Gasteiger partial charge in [-0.05, 0) is 18.1 Å². The minimum absolute atomic E-state index is 0.233. The number of carbonyl (C=O) groups excluding carboxylic acids is 1. The van der Waals surface area contributed by atoms with Gasteiger partial charge in [-0.2, -0.15) is 13.2 Å². The number of benzene rings is 1. The van der Waals surface area contributed by atoms with Crippen LogP contribution in [0.15, 0.2) is 18.2 Å². The molecule has 1 aromatic rings. The molecule has 1 saturated carbocycles. The molecule has 0 bridgehead atoms. The number of carbonyl (C=O) groups is 1. The van der Waals surface area contributed by atoms with Gasteiger partial charge in [-0.1, -0.05) is 12.1 Å². The molecular formula is C11H8F4O. The van der Waals surface area contributed by atoms with Crippen LogP contribution in [0.25, 0.3) is 0 Å². The van der Waals surface area contributed by atoms with Crippen LogP contribution in [0.3, 0.4) is 0 Å². The molecule has 0 heterocycles. The number of ketones is 1. The van der Waals surface area contributed by atoms with Crippen molar-refractivity contribution in [2.75, 3.05) is 0 Å². The maximum absolute atomic E-state index is 13.2. The first-order valence-corrected chi connectivity index (χ1v) is 4.79. The summed E-state index contributed by atoms with van der Waals surface area (Å²) in [4.78, 5) is 11.1. The Hall–Kier alpha value is -1.39. The molecule has 0 spiro atoms. The third-order valence-electron chi connectivity index (χ3n) is 2.77. The predicted molar refractivity (Wildman–Crippen MR) is 48.4 cm³/mol. The zero-order chi connectivity index (χ0) is 11.9. The lowest BCUT2D eigenvalue weighted by atomic mass is 9.77. The van der Waals surface area contributed by atoms with Crippen molar-refractivity contribution in [2.45, 2.75) is 24.9 Å². The summed E-state index contributed by atoms with van der Waals surface area (Å²) in [6.45, 7) is 0. The van der Waals surface area contributed by atoms with E-state index in [1.165, 1.54) is 12.1 Å². The Morgan fingerprint density at radius 3 is 2.38 bits per heavy atom. The van der Waals surface area contributed by atoms with Gasteiger partial charge < -0.3 is 0 Å². The van der Waals surface area contributed by atoms with Gasteiger partial charge in [-0.25, -0.2) is 4.39 Å². The Morgan fingerprint density at radius 1 is 1.25 bits per heavy atom. The molecule has 1 atom stereocenters. The molecule has 5 heteroatoms. The largest absolute Gasteiger partial charge is 0.419 e. The van der Waals surface area contributed by atoms with Crippen molar-refractivity contribution in [3.63, 3.8) is 0 Å². The number of hydrogen-bond donors (Lipinski definition) is 0. The lowest BCUT2D eigenvalue weighted by molar-refractivity contribution is -0.141. The Morgan fingerprint density at radius 2 is 1.94 bits per heavy atom. The molecule has 1 aromatic carbocycles. The zero-order valence-corrected chi connectivity index (χ0v) is 8.14. The molecular weight excluding hydrogens is 224 g/mol. The quantitative estimate of drug-likeness (QED) is 0.679. The van der Waals surface area contributed by atoms with Gasteiger partial charge in [0.05, 0.1) is 5.56 Å². The zero-order valence-electron chi connectivity index (χ0n) is 8.14. The molecule has 0 aromatic heterocycles. The number of alkyl halides is 3. The van der Waals surface area contributed by atoms with Crippen molar-refractivity contribution in [2.24, 2.45) is 0 Å². The number of hydrogen-bond acceptors (Lipinski definition) is 1. The third-order valence-corrected chi connectivity index (χ3v) is 2.77. The molecule has 16 heavy (non-hydrogen) atoms. The predicted octanol–water partition coefficient (Wildman–Crippen LogP) is 3.29. The average molecular weight is 232 g/mol. The minimum Gasteiger partial charge on any atom is -0.299 e. The van der Waals surface area contributed by atoms with Gasteiger partial charge in [-0.3, -0.25) is 4.79 Å². The first-order valence-electron chi connectivity index (χ1n) is 4.79. The topological polar surface area (TPSA) is 17.1 Å². The summed E-state index contributed by atoms with van der Waals surface area (Å²) in [6.07, 6.45) is -4.11. The molecule has 1 unspecified atom stereocenters. The minimum atomic E-state index is -4.75. The van der Waals surface area contributed by atoms with E-state index in [0.29, 0.717) is 6.42 Å². The van der Waals surface area contributed by atoms with Crippen LogP contribution in [0.5, 0.6) is 0 Å². The Labute approximate surface area is 89.1 Å². The smallest absolute Gasteiger partial charge is 0.299 e. The van der Waals surface area contributed by atoms with Gasteiger partial charge in [0.15, 0.2) is 0 Å². The summed E-state index contributed by atoms with van der Waals surface area (Å²) in [6, 6.07) is 3.13. The standard InChI is InChI=1S/C11H8F4O/c12-8-3-1-2-7(6-4-5-9(6)16)10(8)11(13,14)15/h1-3,6H,4-5H2. The molecule has 2 rings (SSSR count). The summed E-state index contributed by atoms with van der Waals surface area (Å²) in [5, 5.41) is 0. The Kier molecular flexibility index (Phi) is 2.48. The Bertz CT molecular complexity index is 436. The summed E-state index contributed by atoms with van der Waals surface area (Å²) in [7, 11) is 0. The van der Waals surface area contributed by atoms with Crippen LogP contribution in [0.4, 0.5) is 17.6 Å². The monoisotopic (exact) mass is 232 g/mol. The molecule has 1 aliphatic carbocycles. The van der Waals surface area contributed by atoms with Crippen LogP contribution in [0.2, 0.25) is 0 Å². The molecule has 86 valence electrons. The first kappa shape index (κ1) is 11.1. The summed E-state index contributed by atoms with van der Waals surface area (Å²) in [5.74, 6) is -2.35. The van der Waals surface area contributed by atoms with Crippen molar-refractivity contribution < 1.29 is 22.4 Å². The van der Waals surface area contributed by atoms with E-state index >= 15 is 0 Å². The van der Waals surface area contributed by atoms with E-state index in [9.17, 15) is 22.4 Å². The fraction of sp³-hybridized carbons (Fsp3) is 0.364. The van der Waals surface area contributed by atoms with Crippen LogP contribution >= 0.6 is 0 Å². The highest BCUT2D eigenvalue weighted by molar-refractivity contribution is 5.91. The van der Waals surface area contributed by atoms with Crippen molar-refractivity contribution in [3.05, 3.63) is 35.1 Å². The molecule has 0 N–H and O–H groups in total. The Balaban J connectivity index is 2.52. The highest BCUT2D eigenvalue weighted by Crippen LogP contribution is 2.42. The molecule has 1 nitrogen and oxygen atoms in total. The maximum atomic E-state index is 13.2. The number of halogens is 4. The highest BCUT2D eigenvalue weighted by Gasteiger charge is 2.41. The lowest BCUT2D eigenvalue weighted by Gasteiger charge is -2.27. The van der Waals surface area contributed by atoms with Gasteiger partial charge in [0.1, 0.15) is 11.6 Å². The summed E-state index contributed by atoms with van der Waals surface area (Å²) < 4.78 is 51.0. The second-order valence-corrected chi connectivity index (χ2v) is 3.76. The number of rotatable bonds is 1. The third kappa shape index (κ3) is 1.70. The summed E-state index contributed by atoms with van der Waals surface area (Å²) in [5.41, 5.74) is -1.53. The van der Waals surface area contributed by atoms with Crippen molar-refractivity contribution in [1.29, 1.82) is 0 Å². The molecule has 1 fully saturated rings. The van der Waals surface area contributed by atoms with Gasteiger partial charge in [0.2, 0.25) is 0 Å². The van der Waals surface area contributed by atoms with Gasteiger partial charge >= 0.3 is 6.18 Å². The maximum Gasteiger partial charge on any atom is 0.419 e. The lowest BCUT2D eigenvalue weighted by Crippen LogP contribution is -2.26. The van der Waals surface area contributed by atoms with Crippen molar-refractivity contribution in [1.82, 2.24) is 0 Å². The van der Waals surface area contributed by atoms with Gasteiger partial charge in [0.25, 0.3) is 0 Å². The van der Waals surface area contributed by atoms with Crippen molar-refractivity contribution in [3.8, 4) is 0 Å². The van der Waals surface area contributed by atoms with E-state index in [4.69, 9.17) is 0 Å². The van der Waals surface area contributed by atoms with E-state index in [1.54, 1.807) is 0 Å². The fourth-order valence-electron chi connectivity index (χ4n) is 1.87. The molecule has 0 aliphatic heterocycles. The van der Waals surface area contributed by atoms with Crippen molar-refractivity contribution >= 4 is 5.78 Å². The normalized spacial score (nSPS) is 20.8. The second kappa shape index (κ2) is 3.57. The van der Waals surface area contributed by atoms with Crippen LogP contribution in [0.1, 0.15) is 29.9 Å². The fourth-order valence-corrected chi connectivity index (χ4v) is 1.87. The van der Waals surface area contributed by atoms with E-state index in [2.05, 4.69) is 0 Å². The summed E-state index contributed by atoms with van der Waals surface area (Å²) >= 11 is 0. The van der Waals surface area contributed by atoms with Gasteiger partial charge in [-0.15, -0.1) is 0 Å². The van der Waals surface area contributed by atoms with Crippen LogP contribution < -0.4 is 0 Å². The molecule has 0 saturated heterocycles. The van der Waals surface area contributed by atoms with E-state index in [0.717, 1.165) is 6.07 Å². The second-order valence-electron chi connectivity index (χ2n) is 3.76. The highest BCUT2D eigenvalue weighted by atomic mass is 19.4.